The molecule has 0 amide bonds. The van der Waals surface area contributed by atoms with Crippen molar-refractivity contribution in [1.82, 2.24) is 0 Å². The van der Waals surface area contributed by atoms with Gasteiger partial charge in [-0.15, -0.1) is 0 Å². The second-order valence-electron chi connectivity index (χ2n) is 4.63. The average Bonchev–Trinajstić information content (AvgIpc) is 2.25. The first-order chi connectivity index (χ1) is 7.10. The van der Waals surface area contributed by atoms with Gasteiger partial charge in [0, 0.05) is 6.42 Å². The van der Waals surface area contributed by atoms with Gasteiger partial charge in [-0.3, -0.25) is 4.79 Å². The van der Waals surface area contributed by atoms with E-state index in [1.54, 1.807) is 0 Å². The maximum Gasteiger partial charge on any atom is 0.143 e. The minimum atomic E-state index is -0.283. The van der Waals surface area contributed by atoms with Gasteiger partial charge in [-0.25, -0.2) is 0 Å². The highest BCUT2D eigenvalue weighted by Crippen LogP contribution is 2.39. The third kappa shape index (κ3) is 1.95. The lowest BCUT2D eigenvalue weighted by Gasteiger charge is -2.41. The third-order valence-corrected chi connectivity index (χ3v) is 3.19. The molecule has 2 rings (SSSR count). The van der Waals surface area contributed by atoms with Crippen LogP contribution < -0.4 is 0 Å². The summed E-state index contributed by atoms with van der Waals surface area (Å²) in [6.07, 6.45) is 0.657. The van der Waals surface area contributed by atoms with E-state index in [1.165, 1.54) is 0 Å². The van der Waals surface area contributed by atoms with E-state index >= 15 is 0 Å². The van der Waals surface area contributed by atoms with Crippen LogP contribution in [0.3, 0.4) is 0 Å². The molecule has 0 N–H and O–H groups in total. The van der Waals surface area contributed by atoms with E-state index in [4.69, 9.17) is 4.74 Å². The van der Waals surface area contributed by atoms with Crippen molar-refractivity contribution in [3.05, 3.63) is 35.9 Å². The molecule has 15 heavy (non-hydrogen) atoms. The summed E-state index contributed by atoms with van der Waals surface area (Å²) in [5.41, 5.74) is 0.877. The summed E-state index contributed by atoms with van der Waals surface area (Å²) < 4.78 is 5.73. The van der Waals surface area contributed by atoms with Crippen LogP contribution in [0.5, 0.6) is 0 Å². The lowest BCUT2D eigenvalue weighted by molar-refractivity contribution is -0.159. The molecule has 0 aliphatic heterocycles. The second kappa shape index (κ2) is 3.78. The lowest BCUT2D eigenvalue weighted by atomic mass is 9.68. The first kappa shape index (κ1) is 10.4. The molecule has 1 fully saturated rings. The summed E-state index contributed by atoms with van der Waals surface area (Å²) in [5, 5.41) is 0. The molecule has 0 heterocycles. The van der Waals surface area contributed by atoms with Crippen molar-refractivity contribution in [2.45, 2.75) is 33.0 Å². The third-order valence-electron chi connectivity index (χ3n) is 3.19. The van der Waals surface area contributed by atoms with E-state index < -0.39 is 0 Å². The number of hydrogen-bond donors (Lipinski definition) is 0. The fourth-order valence-electron chi connectivity index (χ4n) is 1.77. The monoisotopic (exact) mass is 204 g/mol. The van der Waals surface area contributed by atoms with Crippen molar-refractivity contribution in [2.24, 2.45) is 5.41 Å². The summed E-state index contributed by atoms with van der Waals surface area (Å²) in [5.74, 6) is 0.306. The Bertz CT molecular complexity index is 354. The Balaban J connectivity index is 1.88. The van der Waals surface area contributed by atoms with Crippen LogP contribution in [0.2, 0.25) is 0 Å². The molecule has 0 spiro atoms. The minimum absolute atomic E-state index is 0.0882. The molecule has 0 aromatic heterocycles. The van der Waals surface area contributed by atoms with Crippen LogP contribution in [-0.2, 0) is 16.1 Å². The van der Waals surface area contributed by atoms with Crippen LogP contribution >= 0.6 is 0 Å². The van der Waals surface area contributed by atoms with Crippen LogP contribution in [0.4, 0.5) is 0 Å². The molecule has 2 heteroatoms. The zero-order valence-electron chi connectivity index (χ0n) is 9.19. The Kier molecular flexibility index (Phi) is 2.61. The van der Waals surface area contributed by atoms with Gasteiger partial charge in [-0.2, -0.15) is 0 Å². The van der Waals surface area contributed by atoms with Crippen LogP contribution in [0, 0.1) is 5.41 Å². The molecular weight excluding hydrogens is 188 g/mol. The normalized spacial score (nSPS) is 23.6. The van der Waals surface area contributed by atoms with Gasteiger partial charge in [0.15, 0.2) is 0 Å². The number of hydrogen-bond acceptors (Lipinski definition) is 2. The smallest absolute Gasteiger partial charge is 0.143 e. The maximum atomic E-state index is 11.3. The van der Waals surface area contributed by atoms with Crippen LogP contribution in [-0.4, -0.2) is 11.9 Å². The van der Waals surface area contributed by atoms with Crippen molar-refractivity contribution in [1.29, 1.82) is 0 Å². The molecular formula is C13H16O2. The molecule has 1 aliphatic carbocycles. The summed E-state index contributed by atoms with van der Waals surface area (Å²) in [6.45, 7) is 4.51. The molecule has 1 atom stereocenters. The Hall–Kier alpha value is -1.15. The molecule has 0 saturated heterocycles. The molecule has 0 unspecified atom stereocenters. The topological polar surface area (TPSA) is 26.3 Å². The fraction of sp³-hybridized carbons (Fsp3) is 0.462. The minimum Gasteiger partial charge on any atom is -0.372 e. The van der Waals surface area contributed by atoms with E-state index in [9.17, 15) is 4.79 Å². The van der Waals surface area contributed by atoms with Crippen LogP contribution in [0.1, 0.15) is 25.8 Å². The van der Waals surface area contributed by atoms with Gasteiger partial charge in [0.1, 0.15) is 5.78 Å². The van der Waals surface area contributed by atoms with Gasteiger partial charge < -0.3 is 4.74 Å². The predicted octanol–water partition coefficient (Wildman–Crippen LogP) is 2.57. The van der Waals surface area contributed by atoms with Crippen LogP contribution in [0.15, 0.2) is 30.3 Å². The largest absolute Gasteiger partial charge is 0.372 e. The Morgan fingerprint density at radius 2 is 2.00 bits per heavy atom. The van der Waals surface area contributed by atoms with Crippen molar-refractivity contribution >= 4 is 5.78 Å². The molecule has 0 bridgehead atoms. The number of benzene rings is 1. The molecule has 0 radical (unpaired) electrons. The summed E-state index contributed by atoms with van der Waals surface area (Å²) in [6, 6.07) is 10.0. The molecule has 1 aromatic rings. The van der Waals surface area contributed by atoms with E-state index in [0.29, 0.717) is 18.8 Å². The van der Waals surface area contributed by atoms with Crippen molar-refractivity contribution in [2.75, 3.05) is 0 Å². The molecule has 2 nitrogen and oxygen atoms in total. The van der Waals surface area contributed by atoms with E-state index in [1.807, 2.05) is 44.2 Å². The zero-order valence-corrected chi connectivity index (χ0v) is 9.19. The predicted molar refractivity (Wildman–Crippen MR) is 58.4 cm³/mol. The molecule has 1 aromatic carbocycles. The highest BCUT2D eigenvalue weighted by atomic mass is 16.5. The number of rotatable bonds is 3. The number of Topliss-reactive ketones (excluding diaryl/α,β-unsaturated/α-hetero) is 1. The highest BCUT2D eigenvalue weighted by molar-refractivity contribution is 5.91. The summed E-state index contributed by atoms with van der Waals surface area (Å²) in [4.78, 5) is 11.3. The van der Waals surface area contributed by atoms with Gasteiger partial charge in [-0.05, 0) is 5.56 Å². The van der Waals surface area contributed by atoms with Gasteiger partial charge in [0.2, 0.25) is 0 Å². The number of carbonyl (C=O) groups is 1. The Morgan fingerprint density at radius 3 is 2.53 bits per heavy atom. The van der Waals surface area contributed by atoms with Crippen molar-refractivity contribution in [3.63, 3.8) is 0 Å². The second-order valence-corrected chi connectivity index (χ2v) is 4.63. The number of ketones is 1. The summed E-state index contributed by atoms with van der Waals surface area (Å²) >= 11 is 0. The van der Waals surface area contributed by atoms with Gasteiger partial charge >= 0.3 is 0 Å². The van der Waals surface area contributed by atoms with Gasteiger partial charge in [0.25, 0.3) is 0 Å². The van der Waals surface area contributed by atoms with Gasteiger partial charge in [0.05, 0.1) is 18.1 Å². The lowest BCUT2D eigenvalue weighted by Crippen LogP contribution is -2.51. The highest BCUT2D eigenvalue weighted by Gasteiger charge is 2.48. The Morgan fingerprint density at radius 1 is 1.33 bits per heavy atom. The first-order valence-corrected chi connectivity index (χ1v) is 5.29. The SMILES string of the molecule is CC1(C)C(=O)C[C@H]1OCc1ccccc1. The van der Waals surface area contributed by atoms with E-state index in [-0.39, 0.29) is 11.5 Å². The number of ether oxygens (including phenoxy) is 1. The molecule has 1 saturated carbocycles. The average molecular weight is 204 g/mol. The fourth-order valence-corrected chi connectivity index (χ4v) is 1.77. The summed E-state index contributed by atoms with van der Waals surface area (Å²) in [7, 11) is 0. The molecule has 1 aliphatic rings. The van der Waals surface area contributed by atoms with Gasteiger partial charge in [-0.1, -0.05) is 44.2 Å². The van der Waals surface area contributed by atoms with Crippen LogP contribution in [0.25, 0.3) is 0 Å². The number of carbonyl (C=O) groups excluding carboxylic acids is 1. The van der Waals surface area contributed by atoms with Crippen molar-refractivity contribution in [3.8, 4) is 0 Å². The first-order valence-electron chi connectivity index (χ1n) is 5.29. The van der Waals surface area contributed by atoms with E-state index in [0.717, 1.165) is 5.56 Å². The quantitative estimate of drug-likeness (QED) is 0.756. The standard InChI is InChI=1S/C13H16O2/c1-13(2)11(14)8-12(13)15-9-10-6-4-3-5-7-10/h3-7,12H,8-9H2,1-2H3/t12-/m1/s1. The molecule has 80 valence electrons. The Labute approximate surface area is 90.3 Å². The zero-order chi connectivity index (χ0) is 10.9. The van der Waals surface area contributed by atoms with Crippen molar-refractivity contribution < 1.29 is 9.53 Å². The maximum absolute atomic E-state index is 11.3. The van der Waals surface area contributed by atoms with E-state index in [2.05, 4.69) is 0 Å².